The minimum atomic E-state index is -0.251. The number of rotatable bonds is 3. The first-order valence-electron chi connectivity index (χ1n) is 2.89. The second-order valence-corrected chi connectivity index (χ2v) is 1.61. The zero-order valence-electron chi connectivity index (χ0n) is 5.42. The Balaban J connectivity index is 3.27. The Morgan fingerprint density at radius 1 is 1.78 bits per heavy atom. The lowest BCUT2D eigenvalue weighted by Gasteiger charge is -1.95. The predicted molar refractivity (Wildman–Crippen MR) is 35.1 cm³/mol. The summed E-state index contributed by atoms with van der Waals surface area (Å²) in [6, 6.07) is 0. The van der Waals surface area contributed by atoms with E-state index < -0.39 is 0 Å². The van der Waals surface area contributed by atoms with Crippen molar-refractivity contribution >= 4 is 5.91 Å². The molecule has 0 bridgehead atoms. The van der Waals surface area contributed by atoms with Crippen molar-refractivity contribution in [3.05, 3.63) is 12.3 Å². The van der Waals surface area contributed by atoms with Crippen molar-refractivity contribution in [1.29, 1.82) is 0 Å². The van der Waals surface area contributed by atoms with Gasteiger partial charge in [0.05, 0.1) is 6.26 Å². The zero-order chi connectivity index (χ0) is 7.11. The molecule has 0 unspecified atom stereocenters. The van der Waals surface area contributed by atoms with Crippen molar-refractivity contribution < 1.29 is 9.90 Å². The van der Waals surface area contributed by atoms with Crippen LogP contribution in [0.1, 0.15) is 13.3 Å². The first kappa shape index (κ1) is 8.01. The van der Waals surface area contributed by atoms with Crippen LogP contribution in [0.4, 0.5) is 0 Å². The first-order chi connectivity index (χ1) is 4.31. The molecule has 0 fully saturated rings. The smallest absolute Gasteiger partial charge is 0.247 e. The lowest BCUT2D eigenvalue weighted by molar-refractivity contribution is -0.116. The number of aliphatic hydroxyl groups is 1. The number of hydrogen-bond acceptors (Lipinski definition) is 2. The van der Waals surface area contributed by atoms with Crippen LogP contribution in [0.3, 0.4) is 0 Å². The number of hydrogen-bond donors (Lipinski definition) is 2. The van der Waals surface area contributed by atoms with Crippen molar-refractivity contribution in [2.24, 2.45) is 0 Å². The highest BCUT2D eigenvalue weighted by Crippen LogP contribution is 1.72. The van der Waals surface area contributed by atoms with Crippen LogP contribution in [0.5, 0.6) is 0 Å². The summed E-state index contributed by atoms with van der Waals surface area (Å²) in [6.45, 7) is 2.62. The molecule has 0 aromatic carbocycles. The summed E-state index contributed by atoms with van der Waals surface area (Å²) in [5, 5.41) is 10.6. The summed E-state index contributed by atoms with van der Waals surface area (Å²) in [6.07, 6.45) is 2.71. The van der Waals surface area contributed by atoms with Crippen molar-refractivity contribution in [3.8, 4) is 0 Å². The molecule has 0 spiro atoms. The van der Waals surface area contributed by atoms with Crippen molar-refractivity contribution in [1.82, 2.24) is 5.32 Å². The molecule has 0 heterocycles. The van der Waals surface area contributed by atoms with Crippen LogP contribution in [0, 0.1) is 0 Å². The van der Waals surface area contributed by atoms with Crippen LogP contribution in [0.15, 0.2) is 12.3 Å². The molecule has 2 N–H and O–H groups in total. The van der Waals surface area contributed by atoms with E-state index >= 15 is 0 Å². The van der Waals surface area contributed by atoms with E-state index in [9.17, 15) is 4.79 Å². The van der Waals surface area contributed by atoms with E-state index in [-0.39, 0.29) is 5.91 Å². The second kappa shape index (κ2) is 5.15. The maximum Gasteiger partial charge on any atom is 0.247 e. The molecule has 0 atom stereocenters. The van der Waals surface area contributed by atoms with Crippen LogP contribution >= 0.6 is 0 Å². The van der Waals surface area contributed by atoms with Gasteiger partial charge in [-0.15, -0.1) is 0 Å². The molecule has 0 radical (unpaired) electrons. The van der Waals surface area contributed by atoms with Gasteiger partial charge in [0.1, 0.15) is 0 Å². The molecule has 0 aromatic rings. The molecule has 3 heteroatoms. The number of carbonyl (C=O) groups is 1. The van der Waals surface area contributed by atoms with Crippen LogP contribution in [-0.2, 0) is 4.79 Å². The third-order valence-corrected chi connectivity index (χ3v) is 0.775. The van der Waals surface area contributed by atoms with E-state index in [0.29, 0.717) is 6.54 Å². The van der Waals surface area contributed by atoms with E-state index in [4.69, 9.17) is 5.11 Å². The molecule has 0 saturated heterocycles. The van der Waals surface area contributed by atoms with Crippen LogP contribution < -0.4 is 5.32 Å². The van der Waals surface area contributed by atoms with Gasteiger partial charge in [0.15, 0.2) is 0 Å². The Bertz CT molecular complexity index is 110. The second-order valence-electron chi connectivity index (χ2n) is 1.61. The van der Waals surface area contributed by atoms with Gasteiger partial charge in [0.2, 0.25) is 5.91 Å². The van der Waals surface area contributed by atoms with E-state index in [2.05, 4.69) is 5.32 Å². The van der Waals surface area contributed by atoms with Gasteiger partial charge in [-0.3, -0.25) is 4.79 Å². The lowest BCUT2D eigenvalue weighted by atomic mass is 10.4. The van der Waals surface area contributed by atoms with Gasteiger partial charge in [-0.1, -0.05) is 6.92 Å². The lowest BCUT2D eigenvalue weighted by Crippen LogP contribution is -2.21. The maximum atomic E-state index is 10.4. The molecular formula is C6H11NO2. The molecular weight excluding hydrogens is 118 g/mol. The molecule has 52 valence electrons. The van der Waals surface area contributed by atoms with Crippen LogP contribution in [0.2, 0.25) is 0 Å². The molecule has 0 aromatic heterocycles. The van der Waals surface area contributed by atoms with E-state index in [1.807, 2.05) is 6.92 Å². The Morgan fingerprint density at radius 2 is 2.44 bits per heavy atom. The molecule has 0 aliphatic heterocycles. The summed E-state index contributed by atoms with van der Waals surface area (Å²) >= 11 is 0. The molecule has 3 nitrogen and oxygen atoms in total. The molecule has 0 aliphatic rings. The summed E-state index contributed by atoms with van der Waals surface area (Å²) in [4.78, 5) is 10.4. The Kier molecular flexibility index (Phi) is 4.59. The predicted octanol–water partition coefficient (Wildman–Crippen LogP) is 0.584. The van der Waals surface area contributed by atoms with Gasteiger partial charge in [-0.05, 0) is 6.42 Å². The fourth-order valence-electron chi connectivity index (χ4n) is 0.375. The number of aliphatic hydroxyl groups excluding tert-OH is 1. The average Bonchev–Trinajstić information content (AvgIpc) is 1.85. The largest absolute Gasteiger partial charge is 0.515 e. The fraction of sp³-hybridized carbons (Fsp3) is 0.500. The highest BCUT2D eigenvalue weighted by molar-refractivity contribution is 5.87. The topological polar surface area (TPSA) is 49.3 Å². The Morgan fingerprint density at radius 3 is 2.89 bits per heavy atom. The molecule has 0 aliphatic carbocycles. The summed E-state index contributed by atoms with van der Waals surface area (Å²) in [5.74, 6) is -0.251. The van der Waals surface area contributed by atoms with Crippen molar-refractivity contribution in [2.75, 3.05) is 6.54 Å². The molecule has 0 rings (SSSR count). The quantitative estimate of drug-likeness (QED) is 0.432. The van der Waals surface area contributed by atoms with Crippen molar-refractivity contribution in [2.45, 2.75) is 13.3 Å². The maximum absolute atomic E-state index is 10.4. The average molecular weight is 129 g/mol. The molecule has 9 heavy (non-hydrogen) atoms. The standard InChI is InChI=1S/C6H11NO2/c1-2-4-7-6(9)3-5-8/h3,5,8H,2,4H2,1H3,(H,7,9). The summed E-state index contributed by atoms with van der Waals surface area (Å²) in [5.41, 5.74) is 0. The Labute approximate surface area is 54.4 Å². The van der Waals surface area contributed by atoms with Gasteiger partial charge >= 0.3 is 0 Å². The first-order valence-corrected chi connectivity index (χ1v) is 2.89. The summed E-state index contributed by atoms with van der Waals surface area (Å²) in [7, 11) is 0. The number of nitrogens with one attached hydrogen (secondary N) is 1. The van der Waals surface area contributed by atoms with E-state index in [0.717, 1.165) is 18.8 Å². The highest BCUT2D eigenvalue weighted by atomic mass is 16.2. The molecule has 0 saturated carbocycles. The van der Waals surface area contributed by atoms with Crippen molar-refractivity contribution in [3.63, 3.8) is 0 Å². The van der Waals surface area contributed by atoms with Gasteiger partial charge in [0.25, 0.3) is 0 Å². The van der Waals surface area contributed by atoms with Gasteiger partial charge in [-0.2, -0.15) is 0 Å². The SMILES string of the molecule is CCCNC(=O)C=CO. The van der Waals surface area contributed by atoms with Gasteiger partial charge in [-0.25, -0.2) is 0 Å². The van der Waals surface area contributed by atoms with Gasteiger partial charge in [0, 0.05) is 12.6 Å². The third kappa shape index (κ3) is 4.87. The monoisotopic (exact) mass is 129 g/mol. The van der Waals surface area contributed by atoms with E-state index in [1.165, 1.54) is 0 Å². The van der Waals surface area contributed by atoms with E-state index in [1.54, 1.807) is 0 Å². The van der Waals surface area contributed by atoms with Crippen LogP contribution in [0.25, 0.3) is 0 Å². The minimum absolute atomic E-state index is 0.251. The normalized spacial score (nSPS) is 9.89. The Hall–Kier alpha value is -0.990. The zero-order valence-corrected chi connectivity index (χ0v) is 5.42. The minimum Gasteiger partial charge on any atom is -0.515 e. The fourth-order valence-corrected chi connectivity index (χ4v) is 0.375. The number of amides is 1. The molecule has 1 amide bonds. The van der Waals surface area contributed by atoms with Gasteiger partial charge < -0.3 is 10.4 Å². The number of carbonyl (C=O) groups excluding carboxylic acids is 1. The summed E-state index contributed by atoms with van der Waals surface area (Å²) < 4.78 is 0. The van der Waals surface area contributed by atoms with Crippen LogP contribution in [-0.4, -0.2) is 17.6 Å². The highest BCUT2D eigenvalue weighted by Gasteiger charge is 1.89. The third-order valence-electron chi connectivity index (χ3n) is 0.775.